The van der Waals surface area contributed by atoms with Gasteiger partial charge in [0.15, 0.2) is 0 Å². The van der Waals surface area contributed by atoms with Crippen molar-refractivity contribution in [2.45, 2.75) is 31.8 Å². The van der Waals surface area contributed by atoms with Crippen molar-refractivity contribution in [3.63, 3.8) is 0 Å². The largest absolute Gasteiger partial charge is 0.316 e. The Morgan fingerprint density at radius 3 is 3.06 bits per heavy atom. The summed E-state index contributed by atoms with van der Waals surface area (Å²) in [6.07, 6.45) is 4.45. The third-order valence-corrected chi connectivity index (χ3v) is 3.52. The highest BCUT2D eigenvalue weighted by Crippen LogP contribution is 2.22. The third-order valence-electron chi connectivity index (χ3n) is 3.52. The fourth-order valence-electron chi connectivity index (χ4n) is 2.40. The van der Waals surface area contributed by atoms with Crippen LogP contribution in [-0.4, -0.2) is 36.1 Å². The zero-order valence-corrected chi connectivity index (χ0v) is 10.2. The predicted octanol–water partition coefficient (Wildman–Crippen LogP) is 1.83. The van der Waals surface area contributed by atoms with Gasteiger partial charge in [-0.2, -0.15) is 0 Å². The first kappa shape index (κ1) is 11.6. The molecule has 88 valence electrons. The number of hydrogen-bond donors (Lipinski definition) is 1. The molecule has 0 saturated carbocycles. The Morgan fingerprint density at radius 1 is 1.50 bits per heavy atom. The van der Waals surface area contributed by atoms with Gasteiger partial charge in [-0.15, -0.1) is 0 Å². The Kier molecular flexibility index (Phi) is 3.91. The molecule has 3 nitrogen and oxygen atoms in total. The topological polar surface area (TPSA) is 28.2 Å². The highest BCUT2D eigenvalue weighted by atomic mass is 15.2. The monoisotopic (exact) mass is 219 g/mol. The van der Waals surface area contributed by atoms with Crippen LogP contribution >= 0.6 is 0 Å². The van der Waals surface area contributed by atoms with E-state index in [2.05, 4.69) is 41.3 Å². The molecular weight excluding hydrogens is 198 g/mol. The van der Waals surface area contributed by atoms with Crippen LogP contribution in [0.3, 0.4) is 0 Å². The summed E-state index contributed by atoms with van der Waals surface area (Å²) < 4.78 is 0. The molecule has 0 aromatic carbocycles. The van der Waals surface area contributed by atoms with Gasteiger partial charge in [0.25, 0.3) is 0 Å². The van der Waals surface area contributed by atoms with Crippen molar-refractivity contribution in [1.29, 1.82) is 0 Å². The molecule has 2 rings (SSSR count). The van der Waals surface area contributed by atoms with Crippen LogP contribution in [0.5, 0.6) is 0 Å². The van der Waals surface area contributed by atoms with Gasteiger partial charge in [0, 0.05) is 24.8 Å². The number of rotatable bonds is 3. The van der Waals surface area contributed by atoms with E-state index in [4.69, 9.17) is 0 Å². The molecule has 1 saturated heterocycles. The molecule has 0 aliphatic carbocycles. The van der Waals surface area contributed by atoms with Gasteiger partial charge >= 0.3 is 0 Å². The van der Waals surface area contributed by atoms with Crippen LogP contribution in [0.25, 0.3) is 0 Å². The minimum absolute atomic E-state index is 0.428. The molecule has 0 amide bonds. The molecule has 1 aliphatic rings. The van der Waals surface area contributed by atoms with Gasteiger partial charge in [-0.1, -0.05) is 6.07 Å². The second kappa shape index (κ2) is 5.41. The molecule has 3 heteroatoms. The van der Waals surface area contributed by atoms with Crippen molar-refractivity contribution in [2.24, 2.45) is 0 Å². The van der Waals surface area contributed by atoms with Crippen molar-refractivity contribution >= 4 is 0 Å². The van der Waals surface area contributed by atoms with Crippen molar-refractivity contribution in [1.82, 2.24) is 15.2 Å². The maximum atomic E-state index is 4.44. The summed E-state index contributed by atoms with van der Waals surface area (Å²) >= 11 is 0. The quantitative estimate of drug-likeness (QED) is 0.840. The van der Waals surface area contributed by atoms with Crippen molar-refractivity contribution < 1.29 is 0 Å². The molecule has 2 atom stereocenters. The molecule has 2 heterocycles. The van der Waals surface area contributed by atoms with Crippen LogP contribution < -0.4 is 5.32 Å². The van der Waals surface area contributed by atoms with Crippen LogP contribution in [0.4, 0.5) is 0 Å². The highest BCUT2D eigenvalue weighted by Gasteiger charge is 2.23. The van der Waals surface area contributed by atoms with E-state index in [0.717, 1.165) is 6.54 Å². The SMILES string of the molecule is CN[C@@H]1CCCN([C@H](C)c2ccccn2)C1. The Labute approximate surface area is 97.9 Å². The first-order chi connectivity index (χ1) is 7.81. The first-order valence-electron chi connectivity index (χ1n) is 6.13. The summed E-state index contributed by atoms with van der Waals surface area (Å²) in [5.41, 5.74) is 1.18. The van der Waals surface area contributed by atoms with E-state index in [9.17, 15) is 0 Å². The smallest absolute Gasteiger partial charge is 0.0572 e. The van der Waals surface area contributed by atoms with Gasteiger partial charge in [-0.05, 0) is 45.5 Å². The molecular formula is C13H21N3. The molecule has 1 aliphatic heterocycles. The minimum Gasteiger partial charge on any atom is -0.316 e. The number of piperidine rings is 1. The summed E-state index contributed by atoms with van der Waals surface area (Å²) in [5.74, 6) is 0. The minimum atomic E-state index is 0.428. The van der Waals surface area contributed by atoms with Gasteiger partial charge < -0.3 is 5.32 Å². The maximum Gasteiger partial charge on any atom is 0.0572 e. The Hall–Kier alpha value is -0.930. The Balaban J connectivity index is 2.01. The van der Waals surface area contributed by atoms with Gasteiger partial charge in [0.2, 0.25) is 0 Å². The van der Waals surface area contributed by atoms with E-state index < -0.39 is 0 Å². The number of hydrogen-bond acceptors (Lipinski definition) is 3. The van der Waals surface area contributed by atoms with E-state index in [1.54, 1.807) is 0 Å². The van der Waals surface area contributed by atoms with Gasteiger partial charge in [0.05, 0.1) is 5.69 Å². The lowest BCUT2D eigenvalue weighted by molar-refractivity contribution is 0.147. The van der Waals surface area contributed by atoms with E-state index >= 15 is 0 Å². The van der Waals surface area contributed by atoms with Crippen LogP contribution in [0, 0.1) is 0 Å². The fourth-order valence-corrected chi connectivity index (χ4v) is 2.40. The molecule has 0 bridgehead atoms. The molecule has 1 fully saturated rings. The van der Waals surface area contributed by atoms with Crippen molar-refractivity contribution in [3.05, 3.63) is 30.1 Å². The molecule has 0 unspecified atom stereocenters. The number of likely N-dealkylation sites (N-methyl/N-ethyl adjacent to an activating group) is 1. The Morgan fingerprint density at radius 2 is 2.38 bits per heavy atom. The highest BCUT2D eigenvalue weighted by molar-refractivity contribution is 5.08. The second-order valence-electron chi connectivity index (χ2n) is 4.55. The lowest BCUT2D eigenvalue weighted by Gasteiger charge is -2.36. The van der Waals surface area contributed by atoms with Crippen LogP contribution in [0.1, 0.15) is 31.5 Å². The van der Waals surface area contributed by atoms with E-state index in [-0.39, 0.29) is 0 Å². The molecule has 0 spiro atoms. The maximum absolute atomic E-state index is 4.44. The number of nitrogens with zero attached hydrogens (tertiary/aromatic N) is 2. The molecule has 1 aromatic heterocycles. The summed E-state index contributed by atoms with van der Waals surface area (Å²) in [6, 6.07) is 7.23. The zero-order valence-electron chi connectivity index (χ0n) is 10.2. The first-order valence-corrected chi connectivity index (χ1v) is 6.13. The number of pyridine rings is 1. The summed E-state index contributed by atoms with van der Waals surface area (Å²) in [7, 11) is 2.06. The van der Waals surface area contributed by atoms with Crippen LogP contribution in [-0.2, 0) is 0 Å². The third kappa shape index (κ3) is 2.60. The molecule has 1 aromatic rings. The van der Waals surface area contributed by atoms with E-state index in [1.807, 2.05) is 12.3 Å². The van der Waals surface area contributed by atoms with Gasteiger partial charge in [0.1, 0.15) is 0 Å². The van der Waals surface area contributed by atoms with Crippen LogP contribution in [0.15, 0.2) is 24.4 Å². The number of nitrogens with one attached hydrogen (secondary N) is 1. The van der Waals surface area contributed by atoms with E-state index in [1.165, 1.54) is 25.1 Å². The summed E-state index contributed by atoms with van der Waals surface area (Å²) in [6.45, 7) is 4.57. The average molecular weight is 219 g/mol. The van der Waals surface area contributed by atoms with Crippen molar-refractivity contribution in [2.75, 3.05) is 20.1 Å². The molecule has 0 radical (unpaired) electrons. The molecule has 1 N–H and O–H groups in total. The number of aromatic nitrogens is 1. The molecule has 16 heavy (non-hydrogen) atoms. The summed E-state index contributed by atoms with van der Waals surface area (Å²) in [5, 5.41) is 3.38. The fraction of sp³-hybridized carbons (Fsp3) is 0.615. The second-order valence-corrected chi connectivity index (χ2v) is 4.55. The van der Waals surface area contributed by atoms with E-state index in [0.29, 0.717) is 12.1 Å². The average Bonchev–Trinajstić information content (AvgIpc) is 2.39. The summed E-state index contributed by atoms with van der Waals surface area (Å²) in [4.78, 5) is 6.96. The Bertz CT molecular complexity index is 312. The van der Waals surface area contributed by atoms with Gasteiger partial charge in [-0.25, -0.2) is 0 Å². The standard InChI is InChI=1S/C13H21N3/c1-11(13-7-3-4-8-15-13)16-9-5-6-12(10-16)14-2/h3-4,7-8,11-12,14H,5-6,9-10H2,1-2H3/t11-,12-/m1/s1. The zero-order chi connectivity index (χ0) is 11.4. The van der Waals surface area contributed by atoms with Crippen molar-refractivity contribution in [3.8, 4) is 0 Å². The lowest BCUT2D eigenvalue weighted by atomic mass is 10.0. The normalized spacial score (nSPS) is 24.2. The number of likely N-dealkylation sites (tertiary alicyclic amines) is 1. The predicted molar refractivity (Wildman–Crippen MR) is 66.3 cm³/mol. The lowest BCUT2D eigenvalue weighted by Crippen LogP contribution is -2.45. The van der Waals surface area contributed by atoms with Gasteiger partial charge in [-0.3, -0.25) is 9.88 Å². The van der Waals surface area contributed by atoms with Crippen LogP contribution in [0.2, 0.25) is 0 Å².